The molecule has 5 aromatic carbocycles. The number of aromatic amines is 1. The molecule has 0 atom stereocenters. The van der Waals surface area contributed by atoms with Crippen LogP contribution in [0.4, 0.5) is 0 Å². The summed E-state index contributed by atoms with van der Waals surface area (Å²) >= 11 is 6.78. The lowest BCUT2D eigenvalue weighted by atomic mass is 10.1. The Hall–Kier alpha value is -8.59. The number of fused-ring (bicyclic) bond motifs is 11. The van der Waals surface area contributed by atoms with Crippen molar-refractivity contribution in [3.8, 4) is 39.2 Å². The Morgan fingerprint density at radius 1 is 0.466 bits per heavy atom. The van der Waals surface area contributed by atoms with Crippen molar-refractivity contribution in [3.63, 3.8) is 0 Å². The lowest BCUT2D eigenvalue weighted by Gasteiger charge is -2.01. The van der Waals surface area contributed by atoms with Crippen molar-refractivity contribution in [2.45, 2.75) is 26.7 Å². The average molecular weight is 1090 g/mol. The van der Waals surface area contributed by atoms with E-state index >= 15 is 0 Å². The van der Waals surface area contributed by atoms with Gasteiger partial charge in [-0.2, -0.15) is 24.8 Å². The largest absolute Gasteiger partial charge is 0.618 e. The molecule has 12 aromatic rings. The highest BCUT2D eigenvalue weighted by Gasteiger charge is 2.24. The molecule has 15 rings (SSSR count). The maximum atomic E-state index is 11.5. The van der Waals surface area contributed by atoms with Gasteiger partial charge in [0, 0.05) is 59.3 Å². The van der Waals surface area contributed by atoms with E-state index in [2.05, 4.69) is 144 Å². The van der Waals surface area contributed by atoms with Crippen LogP contribution in [-0.2, 0) is 19.3 Å². The van der Waals surface area contributed by atoms with Gasteiger partial charge in [-0.1, -0.05) is 144 Å². The van der Waals surface area contributed by atoms with Crippen LogP contribution in [-0.4, -0.2) is 50.3 Å². The van der Waals surface area contributed by atoms with E-state index in [1.165, 1.54) is 55.9 Å². The van der Waals surface area contributed by atoms with Crippen molar-refractivity contribution in [3.05, 3.63) is 267 Å². The van der Waals surface area contributed by atoms with Gasteiger partial charge in [0.1, 0.15) is 21.2 Å². The lowest BCUT2D eigenvalue weighted by molar-refractivity contribution is -0.612. The zero-order chi connectivity index (χ0) is 49.1. The van der Waals surface area contributed by atoms with Crippen LogP contribution in [0.2, 0.25) is 0 Å². The summed E-state index contributed by atoms with van der Waals surface area (Å²) in [6.45, 7) is 0. The van der Waals surface area contributed by atoms with E-state index in [0.717, 1.165) is 72.2 Å². The van der Waals surface area contributed by atoms with Gasteiger partial charge in [-0.05, 0) is 116 Å². The fourth-order valence-electron chi connectivity index (χ4n) is 8.64. The van der Waals surface area contributed by atoms with Gasteiger partial charge in [0.2, 0.25) is 5.69 Å². The molecule has 358 valence electrons. The maximum Gasteiger partial charge on any atom is 0.204 e. The first-order valence-corrected chi connectivity index (χ1v) is 24.6. The van der Waals surface area contributed by atoms with Crippen molar-refractivity contribution in [1.29, 1.82) is 0 Å². The molecule has 3 aliphatic rings. The van der Waals surface area contributed by atoms with Crippen molar-refractivity contribution < 1.29 is 4.73 Å². The monoisotopic (exact) mass is 1080 g/mol. The summed E-state index contributed by atoms with van der Waals surface area (Å²) in [6.07, 6.45) is 11.5. The SMILES string of the molecule is Brc1ccccn1.Brc1ccnc2c1-c1ccccc1C2.C.[O-][n+]1cccc2c1Cc1ccccc1-2.c1ccc(-n2nnc3ccccc32)nc1.c1ccc2c(c1)Cc1ncccc1-2.c1ccc2n[nH]nc2c1. The van der Waals surface area contributed by atoms with Crippen molar-refractivity contribution in [2.75, 3.05) is 0 Å². The second-order valence-corrected chi connectivity index (χ2v) is 18.1. The van der Waals surface area contributed by atoms with E-state index in [4.69, 9.17) is 0 Å². The van der Waals surface area contributed by atoms with E-state index < -0.39 is 0 Å². The molecule has 3 aliphatic carbocycles. The Morgan fingerprint density at radius 2 is 1.01 bits per heavy atom. The summed E-state index contributed by atoms with van der Waals surface area (Å²) < 4.78 is 4.73. The molecule has 12 nitrogen and oxygen atoms in total. The van der Waals surface area contributed by atoms with Gasteiger partial charge in [-0.25, -0.2) is 9.97 Å². The number of H-pyrrole nitrogens is 1. The quantitative estimate of drug-likeness (QED) is 0.0962. The third-order valence-electron chi connectivity index (χ3n) is 12.0. The first kappa shape index (κ1) is 49.4. The molecule has 7 heterocycles. The smallest absolute Gasteiger partial charge is 0.204 e. The summed E-state index contributed by atoms with van der Waals surface area (Å²) in [7, 11) is 0. The fraction of sp³-hybridized carbons (Fsp3) is 0.0678. The van der Waals surface area contributed by atoms with E-state index in [-0.39, 0.29) is 7.43 Å². The molecule has 1 N–H and O–H groups in total. The van der Waals surface area contributed by atoms with Crippen LogP contribution < -0.4 is 4.73 Å². The highest BCUT2D eigenvalue weighted by atomic mass is 79.9. The topological polar surface area (TPSA) is 151 Å². The molecule has 14 heteroatoms. The highest BCUT2D eigenvalue weighted by molar-refractivity contribution is 9.10. The van der Waals surface area contributed by atoms with Gasteiger partial charge in [0.15, 0.2) is 12.0 Å². The summed E-state index contributed by atoms with van der Waals surface area (Å²) in [6, 6.07) is 62.1. The molecule has 0 saturated carbocycles. The fourth-order valence-corrected chi connectivity index (χ4v) is 9.47. The Kier molecular flexibility index (Phi) is 15.9. The molecule has 73 heavy (non-hydrogen) atoms. The molecule has 0 saturated heterocycles. The van der Waals surface area contributed by atoms with Gasteiger partial charge < -0.3 is 5.21 Å². The molecule has 0 spiro atoms. The lowest BCUT2D eigenvalue weighted by Crippen LogP contribution is -2.30. The molecule has 0 aliphatic heterocycles. The van der Waals surface area contributed by atoms with Crippen LogP contribution in [0.3, 0.4) is 0 Å². The van der Waals surface area contributed by atoms with Crippen molar-refractivity contribution in [2.24, 2.45) is 0 Å². The third-order valence-corrected chi connectivity index (χ3v) is 13.1. The number of aromatic nitrogens is 11. The molecular weight excluding hydrogens is 1040 g/mol. The minimum atomic E-state index is 0. The summed E-state index contributed by atoms with van der Waals surface area (Å²) in [5, 5.41) is 29.9. The first-order valence-electron chi connectivity index (χ1n) is 23.1. The van der Waals surface area contributed by atoms with Crippen LogP contribution in [0.1, 0.15) is 41.2 Å². The Labute approximate surface area is 439 Å². The molecule has 7 aromatic heterocycles. The maximum absolute atomic E-state index is 11.5. The Balaban J connectivity index is 0.000000109. The predicted octanol–water partition coefficient (Wildman–Crippen LogP) is 13.2. The van der Waals surface area contributed by atoms with Crippen molar-refractivity contribution >= 4 is 53.9 Å². The van der Waals surface area contributed by atoms with Crippen LogP contribution in [0.5, 0.6) is 0 Å². The number of benzene rings is 5. The molecule has 0 bridgehead atoms. The highest BCUT2D eigenvalue weighted by Crippen LogP contribution is 2.40. The molecule has 0 unspecified atom stereocenters. The van der Waals surface area contributed by atoms with Gasteiger partial charge in [0.05, 0.1) is 28.9 Å². The summed E-state index contributed by atoms with van der Waals surface area (Å²) in [5.41, 5.74) is 18.5. The van der Waals surface area contributed by atoms with E-state index in [1.54, 1.807) is 29.3 Å². The van der Waals surface area contributed by atoms with Crippen LogP contribution in [0.15, 0.2) is 228 Å². The molecular formula is C59H47Br2N11O. The summed E-state index contributed by atoms with van der Waals surface area (Å²) in [5.74, 6) is 0.784. The third kappa shape index (κ3) is 11.5. The van der Waals surface area contributed by atoms with Gasteiger partial charge in [0.25, 0.3) is 0 Å². The number of rotatable bonds is 1. The summed E-state index contributed by atoms with van der Waals surface area (Å²) in [4.78, 5) is 16.9. The number of pyridine rings is 5. The normalized spacial score (nSPS) is 11.2. The van der Waals surface area contributed by atoms with Crippen LogP contribution in [0.25, 0.3) is 61.3 Å². The Morgan fingerprint density at radius 3 is 1.70 bits per heavy atom. The van der Waals surface area contributed by atoms with Gasteiger partial charge >= 0.3 is 0 Å². The number of halogens is 2. The standard InChI is InChI=1S/C12H8BrN.C12H9NO.C12H9N.C11H8N4.C6H5N3.C5H4BrN.CH4/c13-10-5-6-14-11-7-8-3-1-2-4-9(8)12(10)11;14-13-7-3-6-11-10-5-2-1-4-9(10)8-12(11)13;1-2-5-10-9(4-1)8-12-11(10)6-3-7-13-12;1-2-6-10-9(5-1)13-14-15(10)11-7-3-4-8-12-11;1-2-4-6-5(3-1)7-9-8-6;6-5-3-1-2-4-7-5;/h1-6H,7H2;1-7H,8H2;1-7H,8H2;1-8H;1-4H,(H,7,8,9);1-4H;1H4. The minimum absolute atomic E-state index is 0. The van der Waals surface area contributed by atoms with Crippen LogP contribution >= 0.6 is 31.9 Å². The zero-order valence-corrected chi connectivity index (χ0v) is 41.7. The predicted molar refractivity (Wildman–Crippen MR) is 296 cm³/mol. The van der Waals surface area contributed by atoms with E-state index in [1.807, 2.05) is 128 Å². The molecule has 0 radical (unpaired) electrons. The number of nitrogens with zero attached hydrogens (tertiary/aromatic N) is 10. The van der Waals surface area contributed by atoms with Crippen molar-refractivity contribution in [1.82, 2.24) is 50.3 Å². The molecule has 0 fully saturated rings. The number of hydrogen-bond donors (Lipinski definition) is 1. The minimum Gasteiger partial charge on any atom is -0.618 e. The first-order chi connectivity index (χ1) is 35.5. The van der Waals surface area contributed by atoms with E-state index in [9.17, 15) is 5.21 Å². The zero-order valence-electron chi connectivity index (χ0n) is 38.5. The Bertz CT molecular complexity index is 3680. The number of para-hydroxylation sites is 3. The van der Waals surface area contributed by atoms with Gasteiger partial charge in [-0.3, -0.25) is 9.97 Å². The number of hydrogen-bond acceptors (Lipinski definition) is 9. The van der Waals surface area contributed by atoms with Crippen LogP contribution in [0, 0.1) is 5.21 Å². The number of nitrogens with one attached hydrogen (secondary N) is 1. The second kappa shape index (κ2) is 23.5. The average Bonchev–Trinajstić information content (AvgIpc) is 4.29. The molecule has 0 amide bonds. The van der Waals surface area contributed by atoms with Gasteiger partial charge in [-0.15, -0.1) is 5.10 Å². The second-order valence-electron chi connectivity index (χ2n) is 16.5. The van der Waals surface area contributed by atoms with E-state index in [0.29, 0.717) is 0 Å².